The van der Waals surface area contributed by atoms with Gasteiger partial charge in [0, 0.05) is 11.5 Å². The average Bonchev–Trinajstić information content (AvgIpc) is 3.07. The van der Waals surface area contributed by atoms with Crippen molar-refractivity contribution >= 4 is 16.3 Å². The lowest BCUT2D eigenvalue weighted by atomic mass is 9.96. The molecule has 1 saturated heterocycles. The molecular weight excluding hydrogens is 306 g/mol. The molecule has 1 aliphatic heterocycles. The first-order valence-electron chi connectivity index (χ1n) is 8.09. The molecule has 0 spiro atoms. The van der Waals surface area contributed by atoms with Gasteiger partial charge in [0.2, 0.25) is 4.96 Å². The van der Waals surface area contributed by atoms with E-state index >= 15 is 0 Å². The van der Waals surface area contributed by atoms with Crippen LogP contribution in [0.5, 0.6) is 0 Å². The topological polar surface area (TPSA) is 46.3 Å². The number of nitrogens with zero attached hydrogens (tertiary/aromatic N) is 5. The van der Waals surface area contributed by atoms with Gasteiger partial charge in [0.05, 0.1) is 0 Å². The molecule has 2 aromatic heterocycles. The minimum Gasteiger partial charge on any atom is -0.306 e. The Morgan fingerprint density at radius 3 is 2.43 bits per heavy atom. The summed E-state index contributed by atoms with van der Waals surface area (Å²) in [7, 11) is 2.18. The number of benzene rings is 1. The Balaban J connectivity index is 1.71. The van der Waals surface area contributed by atoms with Gasteiger partial charge in [0.25, 0.3) is 0 Å². The second-order valence-corrected chi connectivity index (χ2v) is 7.57. The van der Waals surface area contributed by atoms with Gasteiger partial charge in [-0.1, -0.05) is 28.5 Å². The van der Waals surface area contributed by atoms with Gasteiger partial charge in [0.15, 0.2) is 5.82 Å². The number of fused-ring (bicyclic) bond motifs is 1. The smallest absolute Gasteiger partial charge is 0.234 e. The number of rotatable bonds is 2. The first kappa shape index (κ1) is 14.8. The lowest BCUT2D eigenvalue weighted by molar-refractivity contribution is 0.250. The summed E-state index contributed by atoms with van der Waals surface area (Å²) in [6.07, 6.45) is 2.27. The molecule has 0 bridgehead atoms. The van der Waals surface area contributed by atoms with Gasteiger partial charge in [-0.05, 0) is 59.0 Å². The zero-order valence-corrected chi connectivity index (χ0v) is 14.6. The molecule has 0 atom stereocenters. The first-order valence-corrected chi connectivity index (χ1v) is 8.91. The third-order valence-corrected chi connectivity index (χ3v) is 5.52. The minimum atomic E-state index is 0.468. The number of hydrogen-bond acceptors (Lipinski definition) is 5. The number of piperidine rings is 1. The lowest BCUT2D eigenvalue weighted by Gasteiger charge is -2.27. The molecule has 0 saturated carbocycles. The fourth-order valence-corrected chi connectivity index (χ4v) is 4.20. The van der Waals surface area contributed by atoms with E-state index in [1.54, 1.807) is 11.3 Å². The Bertz CT molecular complexity index is 822. The van der Waals surface area contributed by atoms with Crippen LogP contribution in [0.15, 0.2) is 18.2 Å². The minimum absolute atomic E-state index is 0.468. The van der Waals surface area contributed by atoms with Crippen LogP contribution in [0.4, 0.5) is 0 Å². The lowest BCUT2D eigenvalue weighted by Crippen LogP contribution is -2.30. The van der Waals surface area contributed by atoms with Gasteiger partial charge in [-0.2, -0.15) is 9.61 Å². The highest BCUT2D eigenvalue weighted by atomic mass is 32.1. The Labute approximate surface area is 140 Å². The molecule has 23 heavy (non-hydrogen) atoms. The normalized spacial score (nSPS) is 17.2. The molecular formula is C17H21N5S. The SMILES string of the molecule is Cc1cc(C)cc(-c2nn3c(C4CCN(C)CC4)nnc3s2)c1. The quantitative estimate of drug-likeness (QED) is 0.725. The van der Waals surface area contributed by atoms with Gasteiger partial charge >= 0.3 is 0 Å². The van der Waals surface area contributed by atoms with Gasteiger partial charge in [-0.25, -0.2) is 0 Å². The van der Waals surface area contributed by atoms with Crippen molar-refractivity contribution in [1.82, 2.24) is 24.7 Å². The van der Waals surface area contributed by atoms with Crippen LogP contribution in [0.3, 0.4) is 0 Å². The summed E-state index contributed by atoms with van der Waals surface area (Å²) >= 11 is 1.62. The standard InChI is InChI=1S/C17H21N5S/c1-11-8-12(2)10-14(9-11)16-20-22-15(18-19-17(22)23-16)13-4-6-21(3)7-5-13/h8-10,13H,4-7H2,1-3H3. The Hall–Kier alpha value is -1.79. The van der Waals surface area contributed by atoms with E-state index in [0.29, 0.717) is 5.92 Å². The second-order valence-electron chi connectivity index (χ2n) is 6.61. The zero-order chi connectivity index (χ0) is 16.0. The molecule has 0 amide bonds. The molecule has 0 radical (unpaired) electrons. The van der Waals surface area contributed by atoms with Crippen molar-refractivity contribution in [3.05, 3.63) is 35.2 Å². The van der Waals surface area contributed by atoms with Crippen LogP contribution < -0.4 is 0 Å². The van der Waals surface area contributed by atoms with E-state index in [9.17, 15) is 0 Å². The third-order valence-electron chi connectivity index (χ3n) is 4.57. The third kappa shape index (κ3) is 2.77. The van der Waals surface area contributed by atoms with Crippen LogP contribution in [0.2, 0.25) is 0 Å². The molecule has 0 unspecified atom stereocenters. The van der Waals surface area contributed by atoms with Gasteiger partial charge < -0.3 is 4.90 Å². The van der Waals surface area contributed by atoms with Gasteiger partial charge in [-0.15, -0.1) is 10.2 Å². The van der Waals surface area contributed by atoms with E-state index in [1.807, 2.05) is 4.52 Å². The Morgan fingerprint density at radius 2 is 1.74 bits per heavy atom. The Morgan fingerprint density at radius 1 is 1.04 bits per heavy atom. The Kier molecular flexibility index (Phi) is 3.66. The number of hydrogen-bond donors (Lipinski definition) is 0. The summed E-state index contributed by atoms with van der Waals surface area (Å²) in [6.45, 7) is 6.49. The predicted octanol–water partition coefficient (Wildman–Crippen LogP) is 3.28. The monoisotopic (exact) mass is 327 g/mol. The summed E-state index contributed by atoms with van der Waals surface area (Å²) in [4.78, 5) is 3.27. The van der Waals surface area contributed by atoms with E-state index < -0.39 is 0 Å². The van der Waals surface area contributed by atoms with E-state index in [-0.39, 0.29) is 0 Å². The van der Waals surface area contributed by atoms with Gasteiger partial charge in [-0.3, -0.25) is 0 Å². The molecule has 120 valence electrons. The fourth-order valence-electron chi connectivity index (χ4n) is 3.37. The van der Waals surface area contributed by atoms with Crippen molar-refractivity contribution in [2.24, 2.45) is 0 Å². The van der Waals surface area contributed by atoms with E-state index in [1.165, 1.54) is 16.7 Å². The molecule has 5 nitrogen and oxygen atoms in total. The molecule has 6 heteroatoms. The van der Waals surface area contributed by atoms with Crippen LogP contribution >= 0.6 is 11.3 Å². The number of aromatic nitrogens is 4. The van der Waals surface area contributed by atoms with Crippen LogP contribution in [-0.4, -0.2) is 44.8 Å². The van der Waals surface area contributed by atoms with Crippen LogP contribution in [0.25, 0.3) is 15.5 Å². The molecule has 0 aliphatic carbocycles. The summed E-state index contributed by atoms with van der Waals surface area (Å²) in [6, 6.07) is 6.57. The molecule has 3 aromatic rings. The summed E-state index contributed by atoms with van der Waals surface area (Å²) in [5, 5.41) is 14.6. The first-order chi connectivity index (χ1) is 11.1. The summed E-state index contributed by atoms with van der Waals surface area (Å²) in [5.74, 6) is 1.50. The van der Waals surface area contributed by atoms with E-state index in [2.05, 4.69) is 54.2 Å². The van der Waals surface area contributed by atoms with E-state index in [4.69, 9.17) is 5.10 Å². The molecule has 1 fully saturated rings. The van der Waals surface area contributed by atoms with Gasteiger partial charge in [0.1, 0.15) is 5.01 Å². The molecule has 0 N–H and O–H groups in total. The molecule has 1 aliphatic rings. The number of likely N-dealkylation sites (tertiary alicyclic amines) is 1. The van der Waals surface area contributed by atoms with Crippen molar-refractivity contribution in [3.63, 3.8) is 0 Å². The van der Waals surface area contributed by atoms with E-state index in [0.717, 1.165) is 41.7 Å². The highest BCUT2D eigenvalue weighted by molar-refractivity contribution is 7.19. The van der Waals surface area contributed by atoms with Crippen molar-refractivity contribution in [2.45, 2.75) is 32.6 Å². The van der Waals surface area contributed by atoms with Crippen molar-refractivity contribution in [3.8, 4) is 10.6 Å². The highest BCUT2D eigenvalue weighted by Crippen LogP contribution is 2.31. The second kappa shape index (κ2) is 5.69. The summed E-state index contributed by atoms with van der Waals surface area (Å²) in [5.41, 5.74) is 3.70. The maximum absolute atomic E-state index is 4.82. The maximum atomic E-state index is 4.82. The fraction of sp³-hybridized carbons (Fsp3) is 0.471. The number of aryl methyl sites for hydroxylation is 2. The van der Waals surface area contributed by atoms with Crippen LogP contribution in [0.1, 0.15) is 35.7 Å². The molecule has 3 heterocycles. The summed E-state index contributed by atoms with van der Waals surface area (Å²) < 4.78 is 1.97. The van der Waals surface area contributed by atoms with Crippen LogP contribution in [0, 0.1) is 13.8 Å². The largest absolute Gasteiger partial charge is 0.306 e. The van der Waals surface area contributed by atoms with Crippen molar-refractivity contribution in [2.75, 3.05) is 20.1 Å². The highest BCUT2D eigenvalue weighted by Gasteiger charge is 2.24. The molecule has 1 aromatic carbocycles. The average molecular weight is 327 g/mol. The van der Waals surface area contributed by atoms with Crippen molar-refractivity contribution < 1.29 is 0 Å². The van der Waals surface area contributed by atoms with Crippen LogP contribution in [-0.2, 0) is 0 Å². The predicted molar refractivity (Wildman–Crippen MR) is 93.0 cm³/mol. The maximum Gasteiger partial charge on any atom is 0.234 e. The zero-order valence-electron chi connectivity index (χ0n) is 13.8. The molecule has 4 rings (SSSR count). The van der Waals surface area contributed by atoms with Crippen molar-refractivity contribution in [1.29, 1.82) is 0 Å².